The van der Waals surface area contributed by atoms with E-state index in [0.29, 0.717) is 11.6 Å². The number of hydrogen-bond donors (Lipinski definition) is 1. The molecule has 20 heavy (non-hydrogen) atoms. The summed E-state index contributed by atoms with van der Waals surface area (Å²) in [4.78, 5) is 4.39. The first-order valence-electron chi connectivity index (χ1n) is 6.67. The molecule has 0 saturated carbocycles. The van der Waals surface area contributed by atoms with Gasteiger partial charge in [0.15, 0.2) is 0 Å². The summed E-state index contributed by atoms with van der Waals surface area (Å²) in [5.74, 6) is 0.726. The first-order valence-corrected chi connectivity index (χ1v) is 7.92. The molecule has 0 aliphatic rings. The van der Waals surface area contributed by atoms with Crippen LogP contribution in [0.25, 0.3) is 0 Å². The third kappa shape index (κ3) is 3.95. The van der Waals surface area contributed by atoms with Gasteiger partial charge in [-0.05, 0) is 31.4 Å². The molecule has 0 bridgehead atoms. The Bertz CT molecular complexity index is 571. The molecular weight excluding hydrogens is 292 g/mol. The van der Waals surface area contributed by atoms with Crippen molar-refractivity contribution in [1.82, 2.24) is 4.98 Å². The third-order valence-corrected chi connectivity index (χ3v) is 4.21. The number of aryl methyl sites for hydroxylation is 1. The fraction of sp³-hybridized carbons (Fsp3) is 0.400. The molecule has 1 atom stereocenters. The fourth-order valence-electron chi connectivity index (χ4n) is 1.92. The molecule has 2 aromatic rings. The van der Waals surface area contributed by atoms with Crippen molar-refractivity contribution in [2.24, 2.45) is 5.73 Å². The number of rotatable bonds is 6. The lowest BCUT2D eigenvalue weighted by Gasteiger charge is -2.15. The van der Waals surface area contributed by atoms with Gasteiger partial charge in [0.1, 0.15) is 12.4 Å². The van der Waals surface area contributed by atoms with Crippen LogP contribution < -0.4 is 10.5 Å². The lowest BCUT2D eigenvalue weighted by Crippen LogP contribution is -2.21. The Hall–Kier alpha value is -1.10. The standard InChI is InChI=1S/C15H19ClN2OS/c1-3-12(17)7-11-5-4-6-14(16)15(11)19-8-13-9-20-10(2)18-13/h4-6,9,12H,3,7-8,17H2,1-2H3. The second kappa shape index (κ2) is 7.07. The molecule has 5 heteroatoms. The van der Waals surface area contributed by atoms with Crippen LogP contribution in [0.2, 0.25) is 5.02 Å². The first-order chi connectivity index (χ1) is 9.60. The Kier molecular flexibility index (Phi) is 5.40. The van der Waals surface area contributed by atoms with Crippen molar-refractivity contribution in [3.63, 3.8) is 0 Å². The molecule has 2 N–H and O–H groups in total. The minimum absolute atomic E-state index is 0.123. The predicted octanol–water partition coefficient (Wildman–Crippen LogP) is 3.96. The van der Waals surface area contributed by atoms with E-state index < -0.39 is 0 Å². The van der Waals surface area contributed by atoms with Gasteiger partial charge in [-0.2, -0.15) is 0 Å². The highest BCUT2D eigenvalue weighted by atomic mass is 35.5. The number of aromatic nitrogens is 1. The van der Waals surface area contributed by atoms with Crippen molar-refractivity contribution in [3.05, 3.63) is 44.9 Å². The molecular formula is C15H19ClN2OS. The Labute approximate surface area is 128 Å². The summed E-state index contributed by atoms with van der Waals surface area (Å²) in [6.07, 6.45) is 1.69. The highest BCUT2D eigenvalue weighted by Crippen LogP contribution is 2.30. The average molecular weight is 311 g/mol. The molecule has 0 saturated heterocycles. The van der Waals surface area contributed by atoms with Gasteiger partial charge in [0.2, 0.25) is 0 Å². The Morgan fingerprint density at radius 3 is 2.90 bits per heavy atom. The van der Waals surface area contributed by atoms with E-state index in [9.17, 15) is 0 Å². The molecule has 3 nitrogen and oxygen atoms in total. The normalized spacial score (nSPS) is 12.4. The van der Waals surface area contributed by atoms with Crippen LogP contribution in [-0.2, 0) is 13.0 Å². The van der Waals surface area contributed by atoms with E-state index in [4.69, 9.17) is 22.1 Å². The molecule has 1 aromatic carbocycles. The Balaban J connectivity index is 2.12. The van der Waals surface area contributed by atoms with E-state index in [2.05, 4.69) is 11.9 Å². The average Bonchev–Trinajstić information content (AvgIpc) is 2.83. The molecule has 0 spiro atoms. The lowest BCUT2D eigenvalue weighted by atomic mass is 10.0. The van der Waals surface area contributed by atoms with Gasteiger partial charge in [-0.1, -0.05) is 30.7 Å². The van der Waals surface area contributed by atoms with Gasteiger partial charge in [0.05, 0.1) is 15.7 Å². The number of nitrogens with zero attached hydrogens (tertiary/aromatic N) is 1. The number of benzene rings is 1. The molecule has 0 amide bonds. The van der Waals surface area contributed by atoms with Gasteiger partial charge in [0, 0.05) is 11.4 Å². The number of ether oxygens (including phenoxy) is 1. The highest BCUT2D eigenvalue weighted by molar-refractivity contribution is 7.09. The lowest BCUT2D eigenvalue weighted by molar-refractivity contribution is 0.298. The SMILES string of the molecule is CCC(N)Cc1cccc(Cl)c1OCc1csc(C)n1. The minimum atomic E-state index is 0.123. The van der Waals surface area contributed by atoms with E-state index in [-0.39, 0.29) is 6.04 Å². The molecule has 108 valence electrons. The number of halogens is 1. The van der Waals surface area contributed by atoms with Crippen molar-refractivity contribution in [1.29, 1.82) is 0 Å². The maximum Gasteiger partial charge on any atom is 0.141 e. The summed E-state index contributed by atoms with van der Waals surface area (Å²) in [5.41, 5.74) is 8.01. The summed E-state index contributed by atoms with van der Waals surface area (Å²) in [7, 11) is 0. The van der Waals surface area contributed by atoms with Crippen molar-refractivity contribution in [2.75, 3.05) is 0 Å². The predicted molar refractivity (Wildman–Crippen MR) is 84.6 cm³/mol. The van der Waals surface area contributed by atoms with E-state index >= 15 is 0 Å². The highest BCUT2D eigenvalue weighted by Gasteiger charge is 2.12. The van der Waals surface area contributed by atoms with Crippen LogP contribution in [0.3, 0.4) is 0 Å². The van der Waals surface area contributed by atoms with E-state index in [0.717, 1.165) is 34.9 Å². The second-order valence-corrected chi connectivity index (χ2v) is 6.22. The molecule has 0 aliphatic heterocycles. The van der Waals surface area contributed by atoms with Gasteiger partial charge in [-0.25, -0.2) is 4.98 Å². The van der Waals surface area contributed by atoms with Crippen LogP contribution in [0.15, 0.2) is 23.6 Å². The summed E-state index contributed by atoms with van der Waals surface area (Å²) < 4.78 is 5.87. The van der Waals surface area contributed by atoms with Gasteiger partial charge in [0.25, 0.3) is 0 Å². The molecule has 1 heterocycles. The molecule has 1 unspecified atom stereocenters. The summed E-state index contributed by atoms with van der Waals surface area (Å²) in [6.45, 7) is 4.49. The van der Waals surface area contributed by atoms with E-state index in [1.54, 1.807) is 11.3 Å². The second-order valence-electron chi connectivity index (χ2n) is 4.75. The monoisotopic (exact) mass is 310 g/mol. The smallest absolute Gasteiger partial charge is 0.141 e. The molecule has 0 fully saturated rings. The zero-order valence-corrected chi connectivity index (χ0v) is 13.3. The molecule has 0 aliphatic carbocycles. The maximum absolute atomic E-state index is 6.24. The van der Waals surface area contributed by atoms with Gasteiger partial charge in [-0.15, -0.1) is 11.3 Å². The summed E-state index contributed by atoms with van der Waals surface area (Å²) in [5, 5.41) is 3.66. The quantitative estimate of drug-likeness (QED) is 0.878. The van der Waals surface area contributed by atoms with Crippen LogP contribution >= 0.6 is 22.9 Å². The van der Waals surface area contributed by atoms with Crippen molar-refractivity contribution in [3.8, 4) is 5.75 Å². The molecule has 1 aromatic heterocycles. The van der Waals surface area contributed by atoms with Crippen LogP contribution in [0, 0.1) is 6.92 Å². The minimum Gasteiger partial charge on any atom is -0.485 e. The number of para-hydroxylation sites is 1. The van der Waals surface area contributed by atoms with Gasteiger partial charge >= 0.3 is 0 Å². The zero-order chi connectivity index (χ0) is 14.5. The van der Waals surface area contributed by atoms with Crippen LogP contribution in [0.1, 0.15) is 29.6 Å². The number of thiazole rings is 1. The van der Waals surface area contributed by atoms with Crippen LogP contribution in [0.5, 0.6) is 5.75 Å². The van der Waals surface area contributed by atoms with Gasteiger partial charge in [-0.3, -0.25) is 0 Å². The summed E-state index contributed by atoms with van der Waals surface area (Å²) >= 11 is 7.86. The first kappa shape index (κ1) is 15.3. The number of nitrogens with two attached hydrogens (primary N) is 1. The largest absolute Gasteiger partial charge is 0.485 e. The Morgan fingerprint density at radius 1 is 1.45 bits per heavy atom. The van der Waals surface area contributed by atoms with E-state index in [1.807, 2.05) is 30.5 Å². The third-order valence-electron chi connectivity index (χ3n) is 3.09. The maximum atomic E-state index is 6.24. The number of hydrogen-bond acceptors (Lipinski definition) is 4. The molecule has 0 radical (unpaired) electrons. The van der Waals surface area contributed by atoms with E-state index in [1.165, 1.54) is 0 Å². The molecule has 2 rings (SSSR count). The Morgan fingerprint density at radius 2 is 2.25 bits per heavy atom. The topological polar surface area (TPSA) is 48.1 Å². The van der Waals surface area contributed by atoms with Crippen molar-refractivity contribution in [2.45, 2.75) is 39.3 Å². The van der Waals surface area contributed by atoms with Crippen molar-refractivity contribution < 1.29 is 4.74 Å². The van der Waals surface area contributed by atoms with Gasteiger partial charge < -0.3 is 10.5 Å². The van der Waals surface area contributed by atoms with Crippen LogP contribution in [0.4, 0.5) is 0 Å². The van der Waals surface area contributed by atoms with Crippen molar-refractivity contribution >= 4 is 22.9 Å². The zero-order valence-electron chi connectivity index (χ0n) is 11.7. The fourth-order valence-corrected chi connectivity index (χ4v) is 2.77. The van der Waals surface area contributed by atoms with Crippen LogP contribution in [-0.4, -0.2) is 11.0 Å². The summed E-state index contributed by atoms with van der Waals surface area (Å²) in [6, 6.07) is 5.91.